The molecular weight excluding hydrogens is 250 g/mol. The normalized spacial score (nSPS) is 12.1. The predicted octanol–water partition coefficient (Wildman–Crippen LogP) is 0.880. The lowest BCUT2D eigenvalue weighted by atomic mass is 10.0. The van der Waals surface area contributed by atoms with Crippen LogP contribution < -0.4 is 10.5 Å². The first-order valence-electron chi connectivity index (χ1n) is 5.44. The third-order valence-corrected chi connectivity index (χ3v) is 2.74. The monoisotopic (exact) mass is 263 g/mol. The quantitative estimate of drug-likeness (QED) is 0.706. The fraction of sp³-hybridized carbons (Fsp3) is 0.167. The average Bonchev–Trinajstić information content (AvgIpc) is 2.79. The molecule has 1 atom stereocenters. The maximum absolute atomic E-state index is 10.9. The van der Waals surface area contributed by atoms with Crippen molar-refractivity contribution in [2.24, 2.45) is 5.73 Å². The number of hydrogen-bond donors (Lipinski definition) is 3. The van der Waals surface area contributed by atoms with E-state index in [1.807, 2.05) is 0 Å². The molecule has 19 heavy (non-hydrogen) atoms. The Morgan fingerprint density at radius 1 is 1.42 bits per heavy atom. The zero-order valence-corrected chi connectivity index (χ0v) is 10.1. The average molecular weight is 263 g/mol. The van der Waals surface area contributed by atoms with Gasteiger partial charge >= 0.3 is 5.97 Å². The molecule has 0 saturated heterocycles. The summed E-state index contributed by atoms with van der Waals surface area (Å²) in [6, 6.07) is 5.50. The largest absolute Gasteiger partial charge is 0.497 e. The van der Waals surface area contributed by atoms with Gasteiger partial charge in [-0.15, -0.1) is 9.94 Å². The van der Waals surface area contributed by atoms with Gasteiger partial charge in [0, 0.05) is 11.1 Å². The molecule has 1 unspecified atom stereocenters. The smallest absolute Gasteiger partial charge is 0.325 e. The number of benzene rings is 1. The van der Waals surface area contributed by atoms with Crippen molar-refractivity contribution in [2.75, 3.05) is 7.11 Å². The highest BCUT2D eigenvalue weighted by atomic mass is 16.5. The second kappa shape index (κ2) is 4.99. The first-order chi connectivity index (χ1) is 9.04. The first-order valence-corrected chi connectivity index (χ1v) is 5.44. The van der Waals surface area contributed by atoms with E-state index in [9.17, 15) is 10.0 Å². The summed E-state index contributed by atoms with van der Waals surface area (Å²) in [5.74, 6) is -0.542. The Labute approximate surface area is 108 Å². The van der Waals surface area contributed by atoms with E-state index in [2.05, 4.69) is 5.10 Å². The van der Waals surface area contributed by atoms with Crippen molar-refractivity contribution < 1.29 is 19.8 Å². The molecule has 0 aliphatic heterocycles. The Morgan fingerprint density at radius 3 is 2.58 bits per heavy atom. The van der Waals surface area contributed by atoms with Gasteiger partial charge in [0.05, 0.1) is 13.3 Å². The van der Waals surface area contributed by atoms with Gasteiger partial charge in [-0.25, -0.2) is 0 Å². The van der Waals surface area contributed by atoms with E-state index in [-0.39, 0.29) is 11.3 Å². The van der Waals surface area contributed by atoms with Gasteiger partial charge in [-0.05, 0) is 24.3 Å². The number of methoxy groups -OCH3 is 1. The minimum Gasteiger partial charge on any atom is -0.497 e. The molecule has 0 spiro atoms. The molecule has 7 heteroatoms. The van der Waals surface area contributed by atoms with Gasteiger partial charge in [-0.1, -0.05) is 0 Å². The first kappa shape index (κ1) is 12.9. The second-order valence-corrected chi connectivity index (χ2v) is 3.88. The van der Waals surface area contributed by atoms with E-state index < -0.39 is 12.0 Å². The third-order valence-electron chi connectivity index (χ3n) is 2.74. The zero-order chi connectivity index (χ0) is 14.0. The van der Waals surface area contributed by atoms with Crippen LogP contribution in [0.1, 0.15) is 11.6 Å². The number of ether oxygens (including phenoxy) is 1. The van der Waals surface area contributed by atoms with Crippen molar-refractivity contribution in [1.29, 1.82) is 0 Å². The van der Waals surface area contributed by atoms with Crippen molar-refractivity contribution >= 4 is 5.97 Å². The van der Waals surface area contributed by atoms with Crippen LogP contribution in [-0.4, -0.2) is 33.3 Å². The number of carboxylic acids is 1. The van der Waals surface area contributed by atoms with Gasteiger partial charge < -0.3 is 20.8 Å². The van der Waals surface area contributed by atoms with E-state index in [1.165, 1.54) is 13.3 Å². The lowest BCUT2D eigenvalue weighted by molar-refractivity contribution is -0.138. The number of nitrogens with two attached hydrogens (primary N) is 1. The fourth-order valence-electron chi connectivity index (χ4n) is 1.74. The molecule has 0 saturated carbocycles. The summed E-state index contributed by atoms with van der Waals surface area (Å²) >= 11 is 0. The second-order valence-electron chi connectivity index (χ2n) is 3.88. The molecule has 7 nitrogen and oxygen atoms in total. The molecule has 2 aromatic rings. The van der Waals surface area contributed by atoms with Gasteiger partial charge in [-0.3, -0.25) is 4.79 Å². The standard InChI is InChI=1S/C12H13N3O4/c1-19-8-4-2-7(3-5-8)11-9(6-14-15(11)18)10(13)12(16)17/h2-6,10,18H,13H2,1H3,(H,16,17). The molecule has 0 aliphatic carbocycles. The molecule has 0 fully saturated rings. The van der Waals surface area contributed by atoms with E-state index in [4.69, 9.17) is 15.6 Å². The Kier molecular flexibility index (Phi) is 3.39. The lowest BCUT2D eigenvalue weighted by Crippen LogP contribution is -2.21. The summed E-state index contributed by atoms with van der Waals surface area (Å²) < 4.78 is 5.03. The van der Waals surface area contributed by atoms with Crippen molar-refractivity contribution in [1.82, 2.24) is 9.94 Å². The van der Waals surface area contributed by atoms with Crippen LogP contribution in [0.2, 0.25) is 0 Å². The van der Waals surface area contributed by atoms with Crippen LogP contribution in [0, 0.1) is 0 Å². The Bertz CT molecular complexity index is 592. The van der Waals surface area contributed by atoms with E-state index in [0.717, 1.165) is 0 Å². The molecule has 2 rings (SSSR count). The molecule has 0 bridgehead atoms. The van der Waals surface area contributed by atoms with Gasteiger partial charge in [0.25, 0.3) is 0 Å². The third kappa shape index (κ3) is 2.36. The SMILES string of the molecule is COc1ccc(-c2c(C(N)C(=O)O)cnn2O)cc1. The van der Waals surface area contributed by atoms with Crippen molar-refractivity contribution in [2.45, 2.75) is 6.04 Å². The predicted molar refractivity (Wildman–Crippen MR) is 66.0 cm³/mol. The summed E-state index contributed by atoms with van der Waals surface area (Å²) in [7, 11) is 1.54. The van der Waals surface area contributed by atoms with Gasteiger partial charge in [0.2, 0.25) is 0 Å². The number of hydrogen-bond acceptors (Lipinski definition) is 5. The number of carbonyl (C=O) groups is 1. The highest BCUT2D eigenvalue weighted by Gasteiger charge is 2.23. The van der Waals surface area contributed by atoms with E-state index in [1.54, 1.807) is 24.3 Å². The van der Waals surface area contributed by atoms with Gasteiger partial charge in [0.15, 0.2) is 0 Å². The van der Waals surface area contributed by atoms with Crippen LogP contribution in [0.5, 0.6) is 5.75 Å². The number of nitrogens with zero attached hydrogens (tertiary/aromatic N) is 2. The summed E-state index contributed by atoms with van der Waals surface area (Å²) in [5.41, 5.74) is 6.63. The van der Waals surface area contributed by atoms with E-state index >= 15 is 0 Å². The summed E-state index contributed by atoms with van der Waals surface area (Å²) in [5, 5.41) is 22.2. The number of aromatic nitrogens is 2. The molecule has 0 radical (unpaired) electrons. The van der Waals surface area contributed by atoms with Crippen molar-refractivity contribution in [3.8, 4) is 17.0 Å². The maximum atomic E-state index is 10.9. The summed E-state index contributed by atoms with van der Waals surface area (Å²) in [6.45, 7) is 0. The number of aliphatic carboxylic acids is 1. The lowest BCUT2D eigenvalue weighted by Gasteiger charge is -2.09. The van der Waals surface area contributed by atoms with Gasteiger partial charge in [-0.2, -0.15) is 0 Å². The number of carboxylic acid groups (broad SMARTS) is 1. The Balaban J connectivity index is 2.48. The van der Waals surface area contributed by atoms with Crippen LogP contribution in [0.4, 0.5) is 0 Å². The van der Waals surface area contributed by atoms with Crippen molar-refractivity contribution in [3.05, 3.63) is 36.0 Å². The van der Waals surface area contributed by atoms with Crippen LogP contribution in [-0.2, 0) is 4.79 Å². The summed E-state index contributed by atoms with van der Waals surface area (Å²) in [6.07, 6.45) is 1.23. The molecule has 100 valence electrons. The fourth-order valence-corrected chi connectivity index (χ4v) is 1.74. The highest BCUT2D eigenvalue weighted by molar-refractivity contribution is 5.79. The minimum absolute atomic E-state index is 0.236. The molecule has 1 heterocycles. The zero-order valence-electron chi connectivity index (χ0n) is 10.1. The molecule has 4 N–H and O–H groups in total. The highest BCUT2D eigenvalue weighted by Crippen LogP contribution is 2.28. The van der Waals surface area contributed by atoms with Crippen LogP contribution >= 0.6 is 0 Å². The molecule has 1 aromatic heterocycles. The topological polar surface area (TPSA) is 111 Å². The maximum Gasteiger partial charge on any atom is 0.325 e. The van der Waals surface area contributed by atoms with E-state index in [0.29, 0.717) is 16.2 Å². The van der Waals surface area contributed by atoms with Crippen LogP contribution in [0.15, 0.2) is 30.5 Å². The Morgan fingerprint density at radius 2 is 2.05 bits per heavy atom. The van der Waals surface area contributed by atoms with Crippen molar-refractivity contribution in [3.63, 3.8) is 0 Å². The minimum atomic E-state index is -1.25. The molecule has 0 aliphatic rings. The Hall–Kier alpha value is -2.54. The molecular formula is C12H13N3O4. The number of rotatable bonds is 4. The van der Waals surface area contributed by atoms with Crippen LogP contribution in [0.3, 0.4) is 0 Å². The van der Waals surface area contributed by atoms with Crippen LogP contribution in [0.25, 0.3) is 11.3 Å². The summed E-state index contributed by atoms with van der Waals surface area (Å²) in [4.78, 5) is 11.5. The molecule has 1 aromatic carbocycles. The molecule has 0 amide bonds. The van der Waals surface area contributed by atoms with Gasteiger partial charge in [0.1, 0.15) is 17.5 Å².